The second-order valence-electron chi connectivity index (χ2n) is 3.42. The van der Waals surface area contributed by atoms with Gasteiger partial charge in [-0.2, -0.15) is 0 Å². The number of nitrogens with one attached hydrogen (secondary N) is 2. The summed E-state index contributed by atoms with van der Waals surface area (Å²) in [6, 6.07) is 3.30. The Morgan fingerprint density at radius 1 is 1.39 bits per heavy atom. The summed E-state index contributed by atoms with van der Waals surface area (Å²) in [6.45, 7) is 0.438. The van der Waals surface area contributed by atoms with Crippen molar-refractivity contribution in [2.45, 2.75) is 6.54 Å². The topological polar surface area (TPSA) is 101 Å². The first-order valence-corrected chi connectivity index (χ1v) is 5.38. The Kier molecular flexibility index (Phi) is 6.20. The fraction of sp³-hybridized carbons (Fsp3) is 0.364. The largest absolute Gasteiger partial charge is 0.480 e. The van der Waals surface area contributed by atoms with Crippen LogP contribution in [0.4, 0.5) is 4.79 Å². The third-order valence-electron chi connectivity index (χ3n) is 1.93. The zero-order chi connectivity index (χ0) is 13.2. The van der Waals surface area contributed by atoms with Gasteiger partial charge in [-0.15, -0.1) is 0 Å². The van der Waals surface area contributed by atoms with Crippen LogP contribution in [0.3, 0.4) is 0 Å². The van der Waals surface area contributed by atoms with Gasteiger partial charge in [-0.05, 0) is 11.6 Å². The molecule has 1 aromatic heterocycles. The molecule has 1 aromatic rings. The van der Waals surface area contributed by atoms with Crippen molar-refractivity contribution in [3.05, 3.63) is 30.1 Å². The molecule has 0 spiro atoms. The predicted molar refractivity (Wildman–Crippen MR) is 62.9 cm³/mol. The first kappa shape index (κ1) is 13.9. The van der Waals surface area contributed by atoms with Gasteiger partial charge in [0.1, 0.15) is 6.61 Å². The van der Waals surface area contributed by atoms with Crippen LogP contribution < -0.4 is 10.6 Å². The Labute approximate surface area is 104 Å². The van der Waals surface area contributed by atoms with Gasteiger partial charge in [0, 0.05) is 25.5 Å². The van der Waals surface area contributed by atoms with Crippen LogP contribution in [0.25, 0.3) is 0 Å². The highest BCUT2D eigenvalue weighted by atomic mass is 16.5. The van der Waals surface area contributed by atoms with Gasteiger partial charge < -0.3 is 20.5 Å². The number of amides is 2. The molecule has 7 heteroatoms. The number of carbonyl (C=O) groups is 2. The summed E-state index contributed by atoms with van der Waals surface area (Å²) in [7, 11) is 0. The van der Waals surface area contributed by atoms with Gasteiger partial charge in [-0.25, -0.2) is 9.59 Å². The number of carbonyl (C=O) groups excluding carboxylic acids is 1. The summed E-state index contributed by atoms with van der Waals surface area (Å²) >= 11 is 0. The molecule has 18 heavy (non-hydrogen) atoms. The average Bonchev–Trinajstić information content (AvgIpc) is 2.37. The maximum atomic E-state index is 11.3. The zero-order valence-electron chi connectivity index (χ0n) is 9.76. The van der Waals surface area contributed by atoms with Crippen LogP contribution in [0.5, 0.6) is 0 Å². The zero-order valence-corrected chi connectivity index (χ0v) is 9.76. The lowest BCUT2D eigenvalue weighted by Gasteiger charge is -2.07. The van der Waals surface area contributed by atoms with E-state index in [9.17, 15) is 9.59 Å². The summed E-state index contributed by atoms with van der Waals surface area (Å²) in [5.74, 6) is -1.03. The lowest BCUT2D eigenvalue weighted by Crippen LogP contribution is -2.37. The third kappa shape index (κ3) is 6.44. The molecule has 0 aliphatic carbocycles. The highest BCUT2D eigenvalue weighted by Gasteiger charge is 2.00. The van der Waals surface area contributed by atoms with Crippen LogP contribution in [-0.2, 0) is 16.1 Å². The van der Waals surface area contributed by atoms with Gasteiger partial charge in [-0.3, -0.25) is 4.98 Å². The molecule has 1 rings (SSSR count). The lowest BCUT2D eigenvalue weighted by atomic mass is 10.3. The maximum Gasteiger partial charge on any atom is 0.329 e. The van der Waals surface area contributed by atoms with Crippen LogP contribution in [0.1, 0.15) is 5.56 Å². The molecule has 3 N–H and O–H groups in total. The van der Waals surface area contributed by atoms with E-state index in [2.05, 4.69) is 15.6 Å². The lowest BCUT2D eigenvalue weighted by molar-refractivity contribution is -0.142. The Morgan fingerprint density at radius 2 is 2.22 bits per heavy atom. The highest BCUT2D eigenvalue weighted by molar-refractivity contribution is 5.73. The summed E-state index contributed by atoms with van der Waals surface area (Å²) in [6.07, 6.45) is 3.32. The van der Waals surface area contributed by atoms with Crippen LogP contribution in [0.15, 0.2) is 24.5 Å². The molecule has 2 amide bonds. The van der Waals surface area contributed by atoms with Crippen LogP contribution in [0, 0.1) is 0 Å². The van der Waals surface area contributed by atoms with Crippen molar-refractivity contribution in [1.29, 1.82) is 0 Å². The summed E-state index contributed by atoms with van der Waals surface area (Å²) < 4.78 is 4.76. The Balaban J connectivity index is 2.06. The first-order valence-electron chi connectivity index (χ1n) is 5.38. The number of carboxylic acid groups (broad SMARTS) is 1. The van der Waals surface area contributed by atoms with E-state index in [-0.39, 0.29) is 25.8 Å². The van der Waals surface area contributed by atoms with Crippen molar-refractivity contribution in [1.82, 2.24) is 15.6 Å². The maximum absolute atomic E-state index is 11.3. The molecule has 0 radical (unpaired) electrons. The number of hydrogen-bond acceptors (Lipinski definition) is 4. The van der Waals surface area contributed by atoms with Gasteiger partial charge in [0.05, 0.1) is 6.61 Å². The van der Waals surface area contributed by atoms with Gasteiger partial charge in [-0.1, -0.05) is 6.07 Å². The van der Waals surface area contributed by atoms with Crippen molar-refractivity contribution < 1.29 is 19.4 Å². The van der Waals surface area contributed by atoms with E-state index >= 15 is 0 Å². The van der Waals surface area contributed by atoms with E-state index in [0.717, 1.165) is 5.56 Å². The Bertz CT molecular complexity index is 383. The molecular formula is C11H15N3O4. The molecule has 0 saturated heterocycles. The smallest absolute Gasteiger partial charge is 0.329 e. The molecule has 0 bridgehead atoms. The number of pyridine rings is 1. The molecule has 1 heterocycles. The van der Waals surface area contributed by atoms with Gasteiger partial charge in [0.25, 0.3) is 0 Å². The molecule has 0 unspecified atom stereocenters. The van der Waals surface area contributed by atoms with Crippen LogP contribution in [-0.4, -0.2) is 41.8 Å². The van der Waals surface area contributed by atoms with E-state index in [1.165, 1.54) is 0 Å². The monoisotopic (exact) mass is 253 g/mol. The molecular weight excluding hydrogens is 238 g/mol. The summed E-state index contributed by atoms with van der Waals surface area (Å²) in [5, 5.41) is 13.5. The predicted octanol–water partition coefficient (Wildman–Crippen LogP) is -0.0180. The van der Waals surface area contributed by atoms with E-state index in [0.29, 0.717) is 6.54 Å². The molecule has 98 valence electrons. The van der Waals surface area contributed by atoms with Crippen LogP contribution in [0.2, 0.25) is 0 Å². The molecule has 0 atom stereocenters. The van der Waals surface area contributed by atoms with Gasteiger partial charge in [0.2, 0.25) is 0 Å². The fourth-order valence-electron chi connectivity index (χ4n) is 1.14. The normalized spacial score (nSPS) is 9.78. The number of hydrogen-bond donors (Lipinski definition) is 3. The van der Waals surface area contributed by atoms with Gasteiger partial charge >= 0.3 is 12.0 Å². The molecule has 0 aliphatic rings. The standard InChI is InChI=1S/C11H15N3O4/c15-10(16)8-18-5-4-13-11(17)14-7-9-2-1-3-12-6-9/h1-3,6H,4-5,7-8H2,(H,15,16)(H2,13,14,17). The number of aliphatic carboxylic acids is 1. The number of rotatable bonds is 7. The molecule has 0 fully saturated rings. The van der Waals surface area contributed by atoms with E-state index < -0.39 is 5.97 Å². The molecule has 0 aromatic carbocycles. The van der Waals surface area contributed by atoms with Crippen molar-refractivity contribution in [2.24, 2.45) is 0 Å². The second kappa shape index (κ2) is 8.02. The fourth-order valence-corrected chi connectivity index (χ4v) is 1.14. The Hall–Kier alpha value is -2.15. The second-order valence-corrected chi connectivity index (χ2v) is 3.42. The van der Waals surface area contributed by atoms with Crippen molar-refractivity contribution >= 4 is 12.0 Å². The molecule has 0 saturated carbocycles. The van der Waals surface area contributed by atoms with Crippen molar-refractivity contribution in [3.8, 4) is 0 Å². The SMILES string of the molecule is O=C(O)COCCNC(=O)NCc1cccnc1. The average molecular weight is 253 g/mol. The van der Waals surface area contributed by atoms with Crippen LogP contribution >= 0.6 is 0 Å². The van der Waals surface area contributed by atoms with E-state index in [1.54, 1.807) is 18.5 Å². The molecule has 0 aliphatic heterocycles. The van der Waals surface area contributed by atoms with E-state index in [1.807, 2.05) is 6.07 Å². The number of nitrogens with zero attached hydrogens (tertiary/aromatic N) is 1. The Morgan fingerprint density at radius 3 is 2.89 bits per heavy atom. The number of urea groups is 1. The minimum Gasteiger partial charge on any atom is -0.480 e. The van der Waals surface area contributed by atoms with Crippen molar-refractivity contribution in [2.75, 3.05) is 19.8 Å². The summed E-state index contributed by atoms with van der Waals surface area (Å²) in [4.78, 5) is 25.3. The van der Waals surface area contributed by atoms with Crippen molar-refractivity contribution in [3.63, 3.8) is 0 Å². The minimum atomic E-state index is -1.03. The first-order chi connectivity index (χ1) is 8.68. The van der Waals surface area contributed by atoms with Gasteiger partial charge in [0.15, 0.2) is 0 Å². The quantitative estimate of drug-likeness (QED) is 0.593. The van der Waals surface area contributed by atoms with E-state index in [4.69, 9.17) is 9.84 Å². The molecule has 7 nitrogen and oxygen atoms in total. The highest BCUT2D eigenvalue weighted by Crippen LogP contribution is 1.93. The minimum absolute atomic E-state index is 0.159. The number of carboxylic acids is 1. The number of ether oxygens (including phenoxy) is 1. The number of aromatic nitrogens is 1. The third-order valence-corrected chi connectivity index (χ3v) is 1.93. The summed E-state index contributed by atoms with van der Waals surface area (Å²) in [5.41, 5.74) is 0.898.